The largest absolute Gasteiger partial charge is 0.484 e. The zero-order chi connectivity index (χ0) is 21.1. The van der Waals surface area contributed by atoms with Gasteiger partial charge in [-0.3, -0.25) is 4.79 Å². The van der Waals surface area contributed by atoms with Crippen LogP contribution in [0.3, 0.4) is 0 Å². The molecule has 4 aromatic rings. The second-order valence-electron chi connectivity index (χ2n) is 7.59. The van der Waals surface area contributed by atoms with Gasteiger partial charge in [0, 0.05) is 5.69 Å². The number of nitrogens with one attached hydrogen (secondary N) is 1. The molecule has 0 radical (unpaired) electrons. The van der Waals surface area contributed by atoms with Crippen LogP contribution in [-0.4, -0.2) is 27.5 Å². The summed E-state index contributed by atoms with van der Waals surface area (Å²) in [4.78, 5) is 13.9. The lowest BCUT2D eigenvalue weighted by Crippen LogP contribution is -2.20. The van der Waals surface area contributed by atoms with Gasteiger partial charge in [0.15, 0.2) is 6.61 Å². The van der Waals surface area contributed by atoms with Crippen LogP contribution in [0.5, 0.6) is 5.75 Å². The van der Waals surface area contributed by atoms with E-state index in [-0.39, 0.29) is 12.5 Å². The third-order valence-corrected chi connectivity index (χ3v) is 4.85. The van der Waals surface area contributed by atoms with Crippen molar-refractivity contribution in [1.29, 1.82) is 0 Å². The summed E-state index contributed by atoms with van der Waals surface area (Å²) in [5.41, 5.74) is 5.42. The highest BCUT2D eigenvalue weighted by atomic mass is 16.5. The van der Waals surface area contributed by atoms with Gasteiger partial charge in [-0.1, -0.05) is 43.7 Å². The van der Waals surface area contributed by atoms with Crippen LogP contribution in [0.25, 0.3) is 16.7 Å². The Morgan fingerprint density at radius 3 is 2.37 bits per heavy atom. The zero-order valence-electron chi connectivity index (χ0n) is 17.3. The van der Waals surface area contributed by atoms with E-state index in [1.54, 1.807) is 4.80 Å². The van der Waals surface area contributed by atoms with Gasteiger partial charge in [-0.25, -0.2) is 0 Å². The predicted octanol–water partition coefficient (Wildman–Crippen LogP) is 4.87. The average Bonchev–Trinajstić information content (AvgIpc) is 3.16. The molecule has 1 aromatic heterocycles. The summed E-state index contributed by atoms with van der Waals surface area (Å²) in [6.45, 7) is 6.25. The number of hydrogen-bond acceptors (Lipinski definition) is 4. The lowest BCUT2D eigenvalue weighted by Gasteiger charge is -2.09. The van der Waals surface area contributed by atoms with Gasteiger partial charge in [-0.05, 0) is 60.9 Å². The molecule has 0 aliphatic heterocycles. The quantitative estimate of drug-likeness (QED) is 0.501. The van der Waals surface area contributed by atoms with E-state index in [0.29, 0.717) is 22.9 Å². The molecule has 1 N–H and O–H groups in total. The molecule has 0 aliphatic carbocycles. The second-order valence-corrected chi connectivity index (χ2v) is 7.59. The Morgan fingerprint density at radius 1 is 0.967 bits per heavy atom. The lowest BCUT2D eigenvalue weighted by atomic mass is 10.0. The molecule has 152 valence electrons. The number of anilines is 1. The van der Waals surface area contributed by atoms with Crippen molar-refractivity contribution in [1.82, 2.24) is 15.0 Å². The maximum Gasteiger partial charge on any atom is 0.262 e. The van der Waals surface area contributed by atoms with E-state index in [2.05, 4.69) is 29.4 Å². The molecule has 1 amide bonds. The number of aryl methyl sites for hydroxylation is 1. The van der Waals surface area contributed by atoms with Crippen molar-refractivity contribution in [3.63, 3.8) is 0 Å². The minimum Gasteiger partial charge on any atom is -0.484 e. The molecule has 6 nitrogen and oxygen atoms in total. The number of carbonyl (C=O) groups excluding carboxylic acids is 1. The third kappa shape index (κ3) is 4.49. The first-order valence-corrected chi connectivity index (χ1v) is 9.95. The van der Waals surface area contributed by atoms with Gasteiger partial charge in [0.05, 0.1) is 5.69 Å². The number of amides is 1. The number of aromatic nitrogens is 3. The average molecular weight is 400 g/mol. The topological polar surface area (TPSA) is 69.0 Å². The maximum absolute atomic E-state index is 12.3. The second kappa shape index (κ2) is 8.37. The molecular weight excluding hydrogens is 376 g/mol. The van der Waals surface area contributed by atoms with Gasteiger partial charge < -0.3 is 10.1 Å². The van der Waals surface area contributed by atoms with Crippen molar-refractivity contribution in [2.24, 2.45) is 0 Å². The Morgan fingerprint density at radius 2 is 1.67 bits per heavy atom. The van der Waals surface area contributed by atoms with Crippen LogP contribution in [0.4, 0.5) is 5.69 Å². The van der Waals surface area contributed by atoms with Crippen LogP contribution in [-0.2, 0) is 4.79 Å². The van der Waals surface area contributed by atoms with E-state index in [1.807, 2.05) is 73.7 Å². The minimum atomic E-state index is -0.229. The molecule has 30 heavy (non-hydrogen) atoms. The van der Waals surface area contributed by atoms with E-state index < -0.39 is 0 Å². The number of hydrogen-bond donors (Lipinski definition) is 1. The third-order valence-electron chi connectivity index (χ3n) is 4.85. The lowest BCUT2D eigenvalue weighted by molar-refractivity contribution is -0.118. The first-order chi connectivity index (χ1) is 14.5. The standard InChI is InChI=1S/C24H24N4O2/c1-16(2)18-6-11-21(12-7-18)30-15-24(29)25-19-8-13-22-23(14-19)27-28(26-22)20-9-4-17(3)5-10-20/h4-14,16H,15H2,1-3H3,(H,25,29). The smallest absolute Gasteiger partial charge is 0.262 e. The summed E-state index contributed by atoms with van der Waals surface area (Å²) in [6, 6.07) is 21.3. The SMILES string of the molecule is Cc1ccc(-n2nc3ccc(NC(=O)COc4ccc(C(C)C)cc4)cc3n2)cc1. The van der Waals surface area contributed by atoms with Crippen molar-refractivity contribution < 1.29 is 9.53 Å². The number of carbonyl (C=O) groups is 1. The first-order valence-electron chi connectivity index (χ1n) is 9.95. The molecule has 0 spiro atoms. The number of fused-ring (bicyclic) bond motifs is 1. The highest BCUT2D eigenvalue weighted by Gasteiger charge is 2.09. The molecule has 0 atom stereocenters. The number of rotatable bonds is 6. The molecule has 3 aromatic carbocycles. The zero-order valence-corrected chi connectivity index (χ0v) is 17.3. The molecular formula is C24H24N4O2. The summed E-state index contributed by atoms with van der Waals surface area (Å²) in [7, 11) is 0. The maximum atomic E-state index is 12.3. The highest BCUT2D eigenvalue weighted by Crippen LogP contribution is 2.20. The van der Waals surface area contributed by atoms with Gasteiger partial charge in [-0.2, -0.15) is 4.80 Å². The Bertz CT molecular complexity index is 1160. The fraction of sp³-hybridized carbons (Fsp3) is 0.208. The van der Waals surface area contributed by atoms with Crippen LogP contribution in [0.2, 0.25) is 0 Å². The molecule has 0 saturated carbocycles. The summed E-state index contributed by atoms with van der Waals surface area (Å²) in [5, 5.41) is 11.9. The van der Waals surface area contributed by atoms with Gasteiger partial charge in [0.25, 0.3) is 5.91 Å². The Kier molecular flexibility index (Phi) is 5.48. The van der Waals surface area contributed by atoms with Gasteiger partial charge >= 0.3 is 0 Å². The summed E-state index contributed by atoms with van der Waals surface area (Å²) < 4.78 is 5.59. The van der Waals surface area contributed by atoms with E-state index in [0.717, 1.165) is 11.2 Å². The normalized spacial score (nSPS) is 11.1. The van der Waals surface area contributed by atoms with Gasteiger partial charge in [0.1, 0.15) is 16.8 Å². The van der Waals surface area contributed by atoms with E-state index in [1.165, 1.54) is 11.1 Å². The fourth-order valence-corrected chi connectivity index (χ4v) is 3.08. The van der Waals surface area contributed by atoms with Crippen LogP contribution in [0.15, 0.2) is 66.7 Å². The van der Waals surface area contributed by atoms with Crippen molar-refractivity contribution in [3.05, 3.63) is 77.9 Å². The molecule has 0 fully saturated rings. The Balaban J connectivity index is 1.40. The van der Waals surface area contributed by atoms with E-state index in [9.17, 15) is 4.79 Å². The molecule has 1 heterocycles. The van der Waals surface area contributed by atoms with Crippen molar-refractivity contribution in [2.75, 3.05) is 11.9 Å². The molecule has 0 saturated heterocycles. The molecule has 0 bridgehead atoms. The Hall–Kier alpha value is -3.67. The van der Waals surface area contributed by atoms with Crippen LogP contribution in [0, 0.1) is 6.92 Å². The first kappa shape index (κ1) is 19.6. The fourth-order valence-electron chi connectivity index (χ4n) is 3.08. The molecule has 6 heteroatoms. The molecule has 0 unspecified atom stereocenters. The Labute approximate surface area is 175 Å². The summed E-state index contributed by atoms with van der Waals surface area (Å²) >= 11 is 0. The van der Waals surface area contributed by atoms with E-state index in [4.69, 9.17) is 4.74 Å². The number of ether oxygens (including phenoxy) is 1. The van der Waals surface area contributed by atoms with Crippen LogP contribution < -0.4 is 10.1 Å². The van der Waals surface area contributed by atoms with Crippen LogP contribution >= 0.6 is 0 Å². The van der Waals surface area contributed by atoms with Crippen molar-refractivity contribution in [3.8, 4) is 11.4 Å². The monoisotopic (exact) mass is 400 g/mol. The van der Waals surface area contributed by atoms with Crippen molar-refractivity contribution in [2.45, 2.75) is 26.7 Å². The number of benzene rings is 3. The number of nitrogens with zero attached hydrogens (tertiary/aromatic N) is 3. The highest BCUT2D eigenvalue weighted by molar-refractivity contribution is 5.93. The van der Waals surface area contributed by atoms with Crippen LogP contribution in [0.1, 0.15) is 30.9 Å². The van der Waals surface area contributed by atoms with E-state index >= 15 is 0 Å². The van der Waals surface area contributed by atoms with Crippen molar-refractivity contribution >= 4 is 22.6 Å². The predicted molar refractivity (Wildman–Crippen MR) is 118 cm³/mol. The summed E-state index contributed by atoms with van der Waals surface area (Å²) in [6.07, 6.45) is 0. The molecule has 4 rings (SSSR count). The van der Waals surface area contributed by atoms with Gasteiger partial charge in [-0.15, -0.1) is 10.2 Å². The summed E-state index contributed by atoms with van der Waals surface area (Å²) in [5.74, 6) is 0.903. The molecule has 0 aliphatic rings. The van der Waals surface area contributed by atoms with Gasteiger partial charge in [0.2, 0.25) is 0 Å². The minimum absolute atomic E-state index is 0.0604.